The van der Waals surface area contributed by atoms with Crippen molar-refractivity contribution in [2.45, 2.75) is 45.4 Å². The van der Waals surface area contributed by atoms with E-state index in [1.807, 2.05) is 30.3 Å². The van der Waals surface area contributed by atoms with Crippen LogP contribution in [0.2, 0.25) is 0 Å². The van der Waals surface area contributed by atoms with Crippen LogP contribution in [0.15, 0.2) is 46.0 Å². The van der Waals surface area contributed by atoms with Gasteiger partial charge in [0.05, 0.1) is 24.9 Å². The van der Waals surface area contributed by atoms with Crippen LogP contribution in [-0.2, 0) is 11.3 Å². The highest BCUT2D eigenvalue weighted by molar-refractivity contribution is 14.0. The Kier molecular flexibility index (Phi) is 10.6. The minimum atomic E-state index is 0. The second-order valence-corrected chi connectivity index (χ2v) is 7.62. The standard InChI is InChI=1S/C22H33N5O2.HI/c1-17(2)28-14-13-27-11-9-19(10-12-27)26-22(23-3)24-15-20-16-29-21(25-20)18-7-5-4-6-8-18;/h4-8,16-17,19H,9-15H2,1-3H3,(H2,23,24,26);1H. The highest BCUT2D eigenvalue weighted by Gasteiger charge is 2.20. The zero-order valence-corrected chi connectivity index (χ0v) is 20.5. The first-order valence-corrected chi connectivity index (χ1v) is 10.4. The van der Waals surface area contributed by atoms with E-state index in [9.17, 15) is 0 Å². The number of ether oxygens (including phenoxy) is 1. The number of nitrogens with one attached hydrogen (secondary N) is 2. The molecular weight excluding hydrogens is 493 g/mol. The fourth-order valence-corrected chi connectivity index (χ4v) is 3.38. The zero-order chi connectivity index (χ0) is 20.5. The minimum absolute atomic E-state index is 0. The van der Waals surface area contributed by atoms with Crippen LogP contribution in [-0.4, -0.2) is 61.3 Å². The van der Waals surface area contributed by atoms with Crippen molar-refractivity contribution in [1.82, 2.24) is 20.5 Å². The summed E-state index contributed by atoms with van der Waals surface area (Å²) in [4.78, 5) is 11.4. The summed E-state index contributed by atoms with van der Waals surface area (Å²) in [6, 6.07) is 10.3. The first-order valence-electron chi connectivity index (χ1n) is 10.4. The Labute approximate surface area is 196 Å². The number of benzene rings is 1. The van der Waals surface area contributed by atoms with Crippen LogP contribution in [0.3, 0.4) is 0 Å². The van der Waals surface area contributed by atoms with Crippen LogP contribution >= 0.6 is 24.0 Å². The molecule has 0 bridgehead atoms. The molecule has 3 rings (SSSR count). The molecule has 0 amide bonds. The van der Waals surface area contributed by atoms with E-state index >= 15 is 0 Å². The van der Waals surface area contributed by atoms with Crippen molar-refractivity contribution in [2.24, 2.45) is 4.99 Å². The third-order valence-electron chi connectivity index (χ3n) is 5.02. The number of rotatable bonds is 8. The molecule has 0 atom stereocenters. The van der Waals surface area contributed by atoms with Crippen LogP contribution in [0.25, 0.3) is 11.5 Å². The van der Waals surface area contributed by atoms with Crippen LogP contribution < -0.4 is 10.6 Å². The summed E-state index contributed by atoms with van der Waals surface area (Å²) < 4.78 is 11.3. The molecule has 0 aliphatic carbocycles. The lowest BCUT2D eigenvalue weighted by atomic mass is 10.1. The van der Waals surface area contributed by atoms with Crippen molar-refractivity contribution in [3.63, 3.8) is 0 Å². The summed E-state index contributed by atoms with van der Waals surface area (Å²) in [5, 5.41) is 6.87. The number of halogens is 1. The number of nitrogens with zero attached hydrogens (tertiary/aromatic N) is 3. The lowest BCUT2D eigenvalue weighted by molar-refractivity contribution is 0.0532. The van der Waals surface area contributed by atoms with E-state index in [4.69, 9.17) is 9.15 Å². The summed E-state index contributed by atoms with van der Waals surface area (Å²) in [6.45, 7) is 8.71. The van der Waals surface area contributed by atoms with Crippen molar-refractivity contribution in [3.8, 4) is 11.5 Å². The summed E-state index contributed by atoms with van der Waals surface area (Å²) in [5.74, 6) is 1.44. The molecule has 1 aliphatic heterocycles. The quantitative estimate of drug-likeness (QED) is 0.311. The number of likely N-dealkylation sites (tertiary alicyclic amines) is 1. The summed E-state index contributed by atoms with van der Waals surface area (Å²) in [5.41, 5.74) is 1.83. The maximum atomic E-state index is 5.66. The monoisotopic (exact) mass is 527 g/mol. The Hall–Kier alpha value is -1.65. The van der Waals surface area contributed by atoms with Gasteiger partial charge in [-0.15, -0.1) is 24.0 Å². The second-order valence-electron chi connectivity index (χ2n) is 7.62. The van der Waals surface area contributed by atoms with Gasteiger partial charge in [-0.05, 0) is 38.8 Å². The number of oxazole rings is 1. The van der Waals surface area contributed by atoms with Crippen molar-refractivity contribution >= 4 is 29.9 Å². The molecule has 2 N–H and O–H groups in total. The first kappa shape index (κ1) is 24.6. The van der Waals surface area contributed by atoms with Gasteiger partial charge >= 0.3 is 0 Å². The number of hydrogen-bond donors (Lipinski definition) is 2. The predicted octanol–water partition coefficient (Wildman–Crippen LogP) is 3.51. The average Bonchev–Trinajstić information content (AvgIpc) is 3.22. The van der Waals surface area contributed by atoms with E-state index in [1.165, 1.54) is 0 Å². The summed E-state index contributed by atoms with van der Waals surface area (Å²) in [6.07, 6.45) is 4.20. The van der Waals surface area contributed by atoms with Gasteiger partial charge in [0.15, 0.2) is 5.96 Å². The minimum Gasteiger partial charge on any atom is -0.444 e. The van der Waals surface area contributed by atoms with Gasteiger partial charge in [-0.3, -0.25) is 4.99 Å². The molecule has 7 nitrogen and oxygen atoms in total. The molecular formula is C22H34IN5O2. The summed E-state index contributed by atoms with van der Waals surface area (Å²) >= 11 is 0. The van der Waals surface area contributed by atoms with Crippen LogP contribution in [0.4, 0.5) is 0 Å². The molecule has 2 aromatic rings. The van der Waals surface area contributed by atoms with Gasteiger partial charge in [0.2, 0.25) is 5.89 Å². The highest BCUT2D eigenvalue weighted by Crippen LogP contribution is 2.17. The number of aromatic nitrogens is 1. The third-order valence-corrected chi connectivity index (χ3v) is 5.02. The van der Waals surface area contributed by atoms with Crippen LogP contribution in [0.5, 0.6) is 0 Å². The molecule has 0 radical (unpaired) electrons. The SMILES string of the molecule is CN=C(NCc1coc(-c2ccccc2)n1)NC1CCN(CCOC(C)C)CC1.I. The van der Waals surface area contributed by atoms with Crippen molar-refractivity contribution in [1.29, 1.82) is 0 Å². The van der Waals surface area contributed by atoms with Gasteiger partial charge in [0.25, 0.3) is 0 Å². The molecule has 1 saturated heterocycles. The summed E-state index contributed by atoms with van der Waals surface area (Å²) in [7, 11) is 1.80. The molecule has 1 aromatic heterocycles. The predicted molar refractivity (Wildman–Crippen MR) is 131 cm³/mol. The van der Waals surface area contributed by atoms with Gasteiger partial charge < -0.3 is 24.7 Å². The third kappa shape index (κ3) is 7.88. The molecule has 1 aromatic carbocycles. The highest BCUT2D eigenvalue weighted by atomic mass is 127. The topological polar surface area (TPSA) is 74.9 Å². The molecule has 0 spiro atoms. The molecule has 0 saturated carbocycles. The van der Waals surface area contributed by atoms with Gasteiger partial charge in [0, 0.05) is 38.3 Å². The average molecular weight is 527 g/mol. The number of guanidine groups is 1. The maximum Gasteiger partial charge on any atom is 0.226 e. The van der Waals surface area contributed by atoms with Crippen LogP contribution in [0.1, 0.15) is 32.4 Å². The maximum absolute atomic E-state index is 5.66. The van der Waals surface area contributed by atoms with Crippen molar-refractivity contribution in [3.05, 3.63) is 42.3 Å². The van der Waals surface area contributed by atoms with Crippen molar-refractivity contribution < 1.29 is 9.15 Å². The Morgan fingerprint density at radius 1 is 1.27 bits per heavy atom. The van der Waals surface area contributed by atoms with E-state index in [2.05, 4.69) is 39.4 Å². The fraction of sp³-hybridized carbons (Fsp3) is 0.545. The number of piperidine rings is 1. The van der Waals surface area contributed by atoms with Gasteiger partial charge in [-0.1, -0.05) is 18.2 Å². The normalized spacial score (nSPS) is 15.8. The molecule has 0 unspecified atom stereocenters. The van der Waals surface area contributed by atoms with Crippen molar-refractivity contribution in [2.75, 3.05) is 33.3 Å². The Morgan fingerprint density at radius 3 is 2.67 bits per heavy atom. The lowest BCUT2D eigenvalue weighted by Crippen LogP contribution is -2.49. The molecule has 1 fully saturated rings. The number of hydrogen-bond acceptors (Lipinski definition) is 5. The Balaban J connectivity index is 0.00000320. The van der Waals surface area contributed by atoms with Gasteiger partial charge in [0.1, 0.15) is 6.26 Å². The van der Waals surface area contributed by atoms with E-state index in [-0.39, 0.29) is 24.0 Å². The smallest absolute Gasteiger partial charge is 0.226 e. The van der Waals surface area contributed by atoms with E-state index in [0.29, 0.717) is 24.6 Å². The van der Waals surface area contributed by atoms with Gasteiger partial charge in [-0.25, -0.2) is 4.98 Å². The van der Waals surface area contributed by atoms with E-state index < -0.39 is 0 Å². The van der Waals surface area contributed by atoms with Gasteiger partial charge in [-0.2, -0.15) is 0 Å². The Bertz CT molecular complexity index is 758. The van der Waals surface area contributed by atoms with Crippen LogP contribution in [0, 0.1) is 0 Å². The molecule has 30 heavy (non-hydrogen) atoms. The number of aliphatic imine (C=N–C) groups is 1. The second kappa shape index (κ2) is 12.9. The molecule has 8 heteroatoms. The first-order chi connectivity index (χ1) is 14.1. The van der Waals surface area contributed by atoms with E-state index in [1.54, 1.807) is 13.3 Å². The lowest BCUT2D eigenvalue weighted by Gasteiger charge is -2.33. The largest absolute Gasteiger partial charge is 0.444 e. The Morgan fingerprint density at radius 2 is 2.00 bits per heavy atom. The fourth-order valence-electron chi connectivity index (χ4n) is 3.38. The molecule has 166 valence electrons. The zero-order valence-electron chi connectivity index (χ0n) is 18.1. The van der Waals surface area contributed by atoms with E-state index in [0.717, 1.165) is 56.3 Å². The molecule has 1 aliphatic rings. The molecule has 2 heterocycles.